The van der Waals surface area contributed by atoms with Gasteiger partial charge in [0.25, 0.3) is 5.91 Å². The molecule has 9 heteroatoms. The molecule has 0 aliphatic heterocycles. The summed E-state index contributed by atoms with van der Waals surface area (Å²) < 4.78 is 65.2. The van der Waals surface area contributed by atoms with Crippen LogP contribution in [0.5, 0.6) is 0 Å². The molecule has 1 aromatic heterocycles. The number of pyridine rings is 1. The zero-order valence-electron chi connectivity index (χ0n) is 14.0. The Hall–Kier alpha value is -3.49. The third-order valence-corrected chi connectivity index (χ3v) is 3.70. The van der Waals surface area contributed by atoms with Crippen molar-refractivity contribution in [3.8, 4) is 0 Å². The van der Waals surface area contributed by atoms with Crippen molar-refractivity contribution in [1.82, 2.24) is 4.98 Å². The lowest BCUT2D eigenvalue weighted by Gasteiger charge is -2.14. The van der Waals surface area contributed by atoms with Crippen molar-refractivity contribution in [2.45, 2.75) is 6.18 Å². The van der Waals surface area contributed by atoms with Crippen LogP contribution in [0, 0.1) is 11.6 Å². The van der Waals surface area contributed by atoms with E-state index in [-0.39, 0.29) is 22.8 Å². The molecule has 2 N–H and O–H groups in total. The maximum absolute atomic E-state index is 13.2. The Labute approximate surface area is 156 Å². The molecule has 3 rings (SSSR count). The van der Waals surface area contributed by atoms with Crippen LogP contribution in [-0.4, -0.2) is 10.9 Å². The largest absolute Gasteiger partial charge is 0.418 e. The number of hydrogen-bond acceptors (Lipinski definition) is 3. The van der Waals surface area contributed by atoms with Crippen LogP contribution >= 0.6 is 0 Å². The number of carbonyl (C=O) groups excluding carboxylic acids is 1. The molecule has 0 radical (unpaired) electrons. The number of rotatable bonds is 4. The van der Waals surface area contributed by atoms with Gasteiger partial charge in [0.15, 0.2) is 11.6 Å². The van der Waals surface area contributed by atoms with Crippen molar-refractivity contribution < 1.29 is 26.7 Å². The Morgan fingerprint density at radius 2 is 1.68 bits per heavy atom. The summed E-state index contributed by atoms with van der Waals surface area (Å²) in [7, 11) is 0. The number of amides is 1. The van der Waals surface area contributed by atoms with Crippen molar-refractivity contribution in [3.63, 3.8) is 0 Å². The van der Waals surface area contributed by atoms with E-state index in [9.17, 15) is 26.7 Å². The minimum absolute atomic E-state index is 0.0970. The van der Waals surface area contributed by atoms with Crippen LogP contribution in [0.2, 0.25) is 0 Å². The zero-order valence-corrected chi connectivity index (χ0v) is 14.0. The molecular formula is C19H12F5N3O. The summed E-state index contributed by atoms with van der Waals surface area (Å²) in [6.07, 6.45) is -3.31. The Morgan fingerprint density at radius 3 is 2.32 bits per heavy atom. The number of nitrogens with zero attached hydrogens (tertiary/aromatic N) is 1. The van der Waals surface area contributed by atoms with E-state index in [4.69, 9.17) is 0 Å². The molecular weight excluding hydrogens is 381 g/mol. The summed E-state index contributed by atoms with van der Waals surface area (Å²) in [5, 5.41) is 5.00. The lowest BCUT2D eigenvalue weighted by Crippen LogP contribution is -2.13. The highest BCUT2D eigenvalue weighted by molar-refractivity contribution is 6.04. The van der Waals surface area contributed by atoms with Crippen LogP contribution in [-0.2, 0) is 6.18 Å². The summed E-state index contributed by atoms with van der Waals surface area (Å²) in [6.45, 7) is 0. The minimum atomic E-state index is -4.53. The number of halogens is 5. The zero-order chi connectivity index (χ0) is 20.3. The van der Waals surface area contributed by atoms with Crippen molar-refractivity contribution >= 4 is 23.1 Å². The average molecular weight is 393 g/mol. The molecule has 2 aromatic carbocycles. The molecule has 3 aromatic rings. The number of nitrogens with one attached hydrogen (secondary N) is 2. The highest BCUT2D eigenvalue weighted by atomic mass is 19.4. The molecule has 0 spiro atoms. The molecule has 0 aliphatic rings. The quantitative estimate of drug-likeness (QED) is 0.586. The van der Waals surface area contributed by atoms with E-state index in [0.717, 1.165) is 24.3 Å². The maximum Gasteiger partial charge on any atom is 0.418 e. The van der Waals surface area contributed by atoms with E-state index in [1.807, 2.05) is 0 Å². The van der Waals surface area contributed by atoms with Gasteiger partial charge in [-0.2, -0.15) is 13.2 Å². The normalized spacial score (nSPS) is 11.2. The SMILES string of the molecule is O=C(Nc1ccc(Nc2ccccc2C(F)(F)F)nc1)c1ccc(F)c(F)c1. The van der Waals surface area contributed by atoms with E-state index in [1.54, 1.807) is 0 Å². The number of para-hydroxylation sites is 1. The highest BCUT2D eigenvalue weighted by Crippen LogP contribution is 2.35. The van der Waals surface area contributed by atoms with Gasteiger partial charge in [-0.25, -0.2) is 13.8 Å². The van der Waals surface area contributed by atoms with Crippen molar-refractivity contribution in [2.75, 3.05) is 10.6 Å². The molecule has 0 bridgehead atoms. The molecule has 1 heterocycles. The number of benzene rings is 2. The Balaban J connectivity index is 1.72. The molecule has 1 amide bonds. The van der Waals surface area contributed by atoms with Gasteiger partial charge in [0.1, 0.15) is 5.82 Å². The first kappa shape index (κ1) is 19.3. The number of carbonyl (C=O) groups is 1. The van der Waals surface area contributed by atoms with Crippen LogP contribution < -0.4 is 10.6 Å². The lowest BCUT2D eigenvalue weighted by atomic mass is 10.1. The first-order valence-corrected chi connectivity index (χ1v) is 7.90. The van der Waals surface area contributed by atoms with Crippen LogP contribution in [0.15, 0.2) is 60.8 Å². The van der Waals surface area contributed by atoms with E-state index in [2.05, 4.69) is 15.6 Å². The molecule has 28 heavy (non-hydrogen) atoms. The van der Waals surface area contributed by atoms with E-state index in [1.165, 1.54) is 36.5 Å². The molecule has 0 unspecified atom stereocenters. The van der Waals surface area contributed by atoms with Gasteiger partial charge in [0.2, 0.25) is 0 Å². The molecule has 0 aliphatic carbocycles. The summed E-state index contributed by atoms with van der Waals surface area (Å²) in [5.74, 6) is -2.80. The first-order chi connectivity index (χ1) is 13.2. The number of hydrogen-bond donors (Lipinski definition) is 2. The maximum atomic E-state index is 13.2. The van der Waals surface area contributed by atoms with Gasteiger partial charge in [0.05, 0.1) is 23.1 Å². The van der Waals surface area contributed by atoms with Gasteiger partial charge in [-0.3, -0.25) is 4.79 Å². The van der Waals surface area contributed by atoms with Gasteiger partial charge in [-0.05, 0) is 42.5 Å². The van der Waals surface area contributed by atoms with Gasteiger partial charge in [-0.1, -0.05) is 12.1 Å². The predicted molar refractivity (Wildman–Crippen MR) is 93.3 cm³/mol. The van der Waals surface area contributed by atoms with Crippen molar-refractivity contribution in [1.29, 1.82) is 0 Å². The van der Waals surface area contributed by atoms with Crippen LogP contribution in [0.25, 0.3) is 0 Å². The van der Waals surface area contributed by atoms with Gasteiger partial charge in [-0.15, -0.1) is 0 Å². The lowest BCUT2D eigenvalue weighted by molar-refractivity contribution is -0.136. The van der Waals surface area contributed by atoms with E-state index in [0.29, 0.717) is 0 Å². The molecule has 0 saturated heterocycles. The predicted octanol–water partition coefficient (Wildman–Crippen LogP) is 5.37. The fraction of sp³-hybridized carbons (Fsp3) is 0.0526. The van der Waals surface area contributed by atoms with Crippen molar-refractivity contribution in [3.05, 3.63) is 83.6 Å². The molecule has 0 saturated carbocycles. The Bertz CT molecular complexity index is 1000. The van der Waals surface area contributed by atoms with Crippen LogP contribution in [0.3, 0.4) is 0 Å². The second-order valence-electron chi connectivity index (χ2n) is 5.68. The Morgan fingerprint density at radius 1 is 0.929 bits per heavy atom. The first-order valence-electron chi connectivity index (χ1n) is 7.90. The molecule has 0 fully saturated rings. The van der Waals surface area contributed by atoms with Gasteiger partial charge < -0.3 is 10.6 Å². The van der Waals surface area contributed by atoms with E-state index < -0.39 is 29.3 Å². The van der Waals surface area contributed by atoms with Crippen LogP contribution in [0.1, 0.15) is 15.9 Å². The third kappa shape index (κ3) is 4.43. The second-order valence-corrected chi connectivity index (χ2v) is 5.68. The summed E-state index contributed by atoms with van der Waals surface area (Å²) in [6, 6.07) is 10.4. The smallest absolute Gasteiger partial charge is 0.340 e. The van der Waals surface area contributed by atoms with Crippen LogP contribution in [0.4, 0.5) is 39.1 Å². The number of anilines is 3. The fourth-order valence-electron chi connectivity index (χ4n) is 2.36. The third-order valence-electron chi connectivity index (χ3n) is 3.70. The van der Waals surface area contributed by atoms with Gasteiger partial charge in [0, 0.05) is 5.56 Å². The Kier molecular flexibility index (Phi) is 5.25. The summed E-state index contributed by atoms with van der Waals surface area (Å²) >= 11 is 0. The monoisotopic (exact) mass is 393 g/mol. The number of alkyl halides is 3. The minimum Gasteiger partial charge on any atom is -0.340 e. The standard InChI is InChI=1S/C19H12F5N3O/c20-14-7-5-11(9-15(14)21)18(28)26-12-6-8-17(25-10-12)27-16-4-2-1-3-13(16)19(22,23)24/h1-10H,(H,25,27)(H,26,28). The number of aromatic nitrogens is 1. The molecule has 4 nitrogen and oxygen atoms in total. The average Bonchev–Trinajstić information content (AvgIpc) is 2.65. The fourth-order valence-corrected chi connectivity index (χ4v) is 2.36. The molecule has 144 valence electrons. The molecule has 0 atom stereocenters. The highest BCUT2D eigenvalue weighted by Gasteiger charge is 2.33. The summed E-state index contributed by atoms with van der Waals surface area (Å²) in [4.78, 5) is 16.0. The van der Waals surface area contributed by atoms with Crippen molar-refractivity contribution in [2.24, 2.45) is 0 Å². The topological polar surface area (TPSA) is 54.0 Å². The second kappa shape index (κ2) is 7.63. The summed E-state index contributed by atoms with van der Waals surface area (Å²) in [5.41, 5.74) is -0.877. The van der Waals surface area contributed by atoms with E-state index >= 15 is 0 Å². The van der Waals surface area contributed by atoms with Gasteiger partial charge >= 0.3 is 6.18 Å².